The van der Waals surface area contributed by atoms with Crippen LogP contribution in [0.3, 0.4) is 0 Å². The summed E-state index contributed by atoms with van der Waals surface area (Å²) >= 11 is 5.91. The van der Waals surface area contributed by atoms with E-state index in [1.165, 1.54) is 6.07 Å². The summed E-state index contributed by atoms with van der Waals surface area (Å²) in [6.07, 6.45) is 4.87. The van der Waals surface area contributed by atoms with Crippen molar-refractivity contribution < 1.29 is 18.4 Å². The van der Waals surface area contributed by atoms with E-state index in [0.29, 0.717) is 32.5 Å². The molecule has 7 nitrogen and oxygen atoms in total. The summed E-state index contributed by atoms with van der Waals surface area (Å²) < 4.78 is 26.7. The van der Waals surface area contributed by atoms with E-state index in [-0.39, 0.29) is 28.5 Å². The lowest BCUT2D eigenvalue weighted by Crippen LogP contribution is -2.64. The number of fused-ring (bicyclic) bond motifs is 2. The van der Waals surface area contributed by atoms with E-state index in [9.17, 15) is 18.4 Å². The summed E-state index contributed by atoms with van der Waals surface area (Å²) in [6.45, 7) is 1.88. The normalized spacial score (nSPS) is 21.7. The SMILES string of the molecule is O=C(N[C@H]1CC[C@H](CN2C(=O)C3(CN(c4cccnc4)C3)c3ccccc32)CC1)c1cc(Cl)cnc1C(F)F. The topological polar surface area (TPSA) is 78.4 Å². The lowest BCUT2D eigenvalue weighted by atomic mass is 9.74. The molecule has 1 aromatic carbocycles. The minimum Gasteiger partial charge on any atom is -0.367 e. The highest BCUT2D eigenvalue weighted by Gasteiger charge is 2.58. The zero-order valence-corrected chi connectivity index (χ0v) is 22.0. The van der Waals surface area contributed by atoms with Gasteiger partial charge < -0.3 is 15.1 Å². The quantitative estimate of drug-likeness (QED) is 0.458. The number of carbonyl (C=O) groups is 2. The molecule has 2 aliphatic heterocycles. The van der Waals surface area contributed by atoms with Crippen LogP contribution in [0.1, 0.15) is 53.7 Å². The highest BCUT2D eigenvalue weighted by molar-refractivity contribution is 6.30. The lowest BCUT2D eigenvalue weighted by Gasteiger charge is -2.48. The van der Waals surface area contributed by atoms with Crippen molar-refractivity contribution in [1.82, 2.24) is 15.3 Å². The third kappa shape index (κ3) is 4.62. The molecule has 1 N–H and O–H groups in total. The van der Waals surface area contributed by atoms with Crippen molar-refractivity contribution >= 4 is 34.8 Å². The van der Waals surface area contributed by atoms with E-state index >= 15 is 0 Å². The monoisotopic (exact) mass is 551 g/mol. The van der Waals surface area contributed by atoms with Gasteiger partial charge >= 0.3 is 0 Å². The number of pyridine rings is 2. The van der Waals surface area contributed by atoms with Crippen molar-refractivity contribution in [1.29, 1.82) is 0 Å². The van der Waals surface area contributed by atoms with Crippen molar-refractivity contribution in [2.24, 2.45) is 5.92 Å². The summed E-state index contributed by atoms with van der Waals surface area (Å²) in [5.74, 6) is -0.158. The van der Waals surface area contributed by atoms with E-state index < -0.39 is 23.4 Å². The van der Waals surface area contributed by atoms with Crippen LogP contribution in [0, 0.1) is 5.92 Å². The minimum atomic E-state index is -2.87. The number of amides is 2. The van der Waals surface area contributed by atoms with Crippen LogP contribution >= 0.6 is 11.6 Å². The minimum absolute atomic E-state index is 0.133. The number of alkyl halides is 2. The molecule has 0 unspecified atom stereocenters. The van der Waals surface area contributed by atoms with Crippen molar-refractivity contribution in [3.8, 4) is 0 Å². The molecular weight excluding hydrogens is 524 g/mol. The molecule has 4 heterocycles. The predicted octanol–water partition coefficient (Wildman–Crippen LogP) is 5.16. The number of hydrogen-bond donors (Lipinski definition) is 1. The molecule has 3 aliphatic rings. The highest BCUT2D eigenvalue weighted by Crippen LogP contribution is 2.49. The lowest BCUT2D eigenvalue weighted by molar-refractivity contribution is -0.124. The number of carbonyl (C=O) groups excluding carboxylic acids is 2. The van der Waals surface area contributed by atoms with Gasteiger partial charge in [-0.2, -0.15) is 0 Å². The Kier molecular flexibility index (Phi) is 6.71. The zero-order chi connectivity index (χ0) is 27.1. The van der Waals surface area contributed by atoms with Crippen LogP contribution < -0.4 is 15.1 Å². The fraction of sp³-hybridized carbons (Fsp3) is 0.379. The van der Waals surface area contributed by atoms with Crippen LogP contribution in [0.15, 0.2) is 61.1 Å². The molecule has 1 saturated heterocycles. The second-order valence-corrected chi connectivity index (χ2v) is 11.1. The molecule has 1 spiro atoms. The van der Waals surface area contributed by atoms with E-state index in [2.05, 4.69) is 26.3 Å². The summed E-state index contributed by atoms with van der Waals surface area (Å²) in [5, 5.41) is 3.02. The number of aromatic nitrogens is 2. The average Bonchev–Trinajstić information content (AvgIpc) is 3.17. The number of rotatable bonds is 6. The molecule has 3 aromatic rings. The molecule has 202 valence electrons. The number of halogens is 3. The number of hydrogen-bond acceptors (Lipinski definition) is 5. The van der Waals surface area contributed by atoms with Gasteiger partial charge in [0, 0.05) is 43.8 Å². The molecule has 2 fully saturated rings. The molecular formula is C29H28ClF2N5O2. The van der Waals surface area contributed by atoms with Gasteiger partial charge in [0.05, 0.1) is 22.5 Å². The second kappa shape index (κ2) is 10.2. The van der Waals surface area contributed by atoms with Gasteiger partial charge in [-0.1, -0.05) is 29.8 Å². The average molecular weight is 552 g/mol. The molecule has 0 radical (unpaired) electrons. The summed E-state index contributed by atoms with van der Waals surface area (Å²) in [6, 6.07) is 13.1. The van der Waals surface area contributed by atoms with E-state index in [1.54, 1.807) is 6.20 Å². The maximum absolute atomic E-state index is 13.8. The summed E-state index contributed by atoms with van der Waals surface area (Å²) in [4.78, 5) is 38.6. The van der Waals surface area contributed by atoms with Crippen LogP contribution in [0.2, 0.25) is 5.02 Å². The van der Waals surface area contributed by atoms with Gasteiger partial charge in [-0.15, -0.1) is 0 Å². The maximum atomic E-state index is 13.8. The van der Waals surface area contributed by atoms with E-state index in [0.717, 1.165) is 36.0 Å². The first-order valence-corrected chi connectivity index (χ1v) is 13.5. The van der Waals surface area contributed by atoms with Gasteiger partial charge in [-0.3, -0.25) is 19.6 Å². The third-order valence-corrected chi connectivity index (χ3v) is 8.46. The Morgan fingerprint density at radius 1 is 1.10 bits per heavy atom. The summed E-state index contributed by atoms with van der Waals surface area (Å²) in [7, 11) is 0. The Balaban J connectivity index is 1.09. The molecule has 1 aliphatic carbocycles. The predicted molar refractivity (Wildman–Crippen MR) is 144 cm³/mol. The molecule has 0 bridgehead atoms. The Morgan fingerprint density at radius 3 is 2.59 bits per heavy atom. The van der Waals surface area contributed by atoms with Gasteiger partial charge in [0.15, 0.2) is 0 Å². The number of anilines is 2. The molecule has 0 atom stereocenters. The van der Waals surface area contributed by atoms with Crippen LogP contribution in [0.25, 0.3) is 0 Å². The van der Waals surface area contributed by atoms with E-state index in [1.807, 2.05) is 41.4 Å². The van der Waals surface area contributed by atoms with Crippen LogP contribution in [-0.2, 0) is 10.2 Å². The fourth-order valence-electron chi connectivity index (χ4n) is 6.23. The van der Waals surface area contributed by atoms with Crippen molar-refractivity contribution in [3.05, 3.63) is 82.9 Å². The fourth-order valence-corrected chi connectivity index (χ4v) is 6.39. The molecule has 2 aromatic heterocycles. The van der Waals surface area contributed by atoms with Crippen LogP contribution in [-0.4, -0.2) is 47.5 Å². The first-order valence-electron chi connectivity index (χ1n) is 13.2. The van der Waals surface area contributed by atoms with Crippen LogP contribution in [0.5, 0.6) is 0 Å². The Labute approximate surface area is 230 Å². The molecule has 2 amide bonds. The third-order valence-electron chi connectivity index (χ3n) is 8.26. The summed E-state index contributed by atoms with van der Waals surface area (Å²) in [5.41, 5.74) is 1.79. The number of nitrogens with one attached hydrogen (secondary N) is 1. The van der Waals surface area contributed by atoms with Crippen molar-refractivity contribution in [3.63, 3.8) is 0 Å². The molecule has 10 heteroatoms. The van der Waals surface area contributed by atoms with Gasteiger partial charge in [0.25, 0.3) is 12.3 Å². The van der Waals surface area contributed by atoms with Crippen LogP contribution in [0.4, 0.5) is 20.2 Å². The van der Waals surface area contributed by atoms with Crippen molar-refractivity contribution in [2.45, 2.75) is 43.6 Å². The Morgan fingerprint density at radius 2 is 1.87 bits per heavy atom. The molecule has 1 saturated carbocycles. The van der Waals surface area contributed by atoms with Crippen molar-refractivity contribution in [2.75, 3.05) is 29.4 Å². The Bertz CT molecular complexity index is 1390. The molecule has 39 heavy (non-hydrogen) atoms. The van der Waals surface area contributed by atoms with Gasteiger partial charge in [-0.05, 0) is 61.4 Å². The second-order valence-electron chi connectivity index (χ2n) is 10.7. The number of benzene rings is 1. The van der Waals surface area contributed by atoms with E-state index in [4.69, 9.17) is 11.6 Å². The van der Waals surface area contributed by atoms with Gasteiger partial charge in [-0.25, -0.2) is 8.78 Å². The maximum Gasteiger partial charge on any atom is 0.281 e. The number of nitrogens with zero attached hydrogens (tertiary/aromatic N) is 4. The molecule has 6 rings (SSSR count). The first-order chi connectivity index (χ1) is 18.9. The van der Waals surface area contributed by atoms with Gasteiger partial charge in [0.1, 0.15) is 11.1 Å². The standard InChI is InChI=1S/C29H28ClF2N5O2/c30-19-12-22(25(26(31)32)34-13-19)27(38)35-20-9-7-18(8-10-20)15-37-24-6-2-1-5-23(24)29(28(37)39)16-36(17-29)21-4-3-11-33-14-21/h1-6,11-14,18,20,26H,7-10,15-17H2,(H,35,38)/t18-,20-. The van der Waals surface area contributed by atoms with Gasteiger partial charge in [0.2, 0.25) is 5.91 Å². The smallest absolute Gasteiger partial charge is 0.281 e. The zero-order valence-electron chi connectivity index (χ0n) is 21.2. The number of para-hydroxylation sites is 1. The largest absolute Gasteiger partial charge is 0.367 e. The highest BCUT2D eigenvalue weighted by atomic mass is 35.5. The Hall–Kier alpha value is -3.59. The first kappa shape index (κ1) is 25.7.